The predicted molar refractivity (Wildman–Crippen MR) is 78.1 cm³/mol. The number of rotatable bonds is 6. The molecule has 0 aliphatic heterocycles. The molecule has 0 radical (unpaired) electrons. The first kappa shape index (κ1) is 16.1. The molecule has 110 valence electrons. The summed E-state index contributed by atoms with van der Waals surface area (Å²) in [6, 6.07) is 4.00. The van der Waals surface area contributed by atoms with Gasteiger partial charge in [0.05, 0.1) is 23.8 Å². The Balaban J connectivity index is 2.54. The van der Waals surface area contributed by atoms with E-state index in [0.717, 1.165) is 0 Å². The quantitative estimate of drug-likeness (QED) is 0.639. The summed E-state index contributed by atoms with van der Waals surface area (Å²) < 4.78 is 7.05. The molecule has 5 heteroatoms. The van der Waals surface area contributed by atoms with E-state index >= 15 is 0 Å². The summed E-state index contributed by atoms with van der Waals surface area (Å²) in [5.74, 6) is -0.370. The summed E-state index contributed by atoms with van der Waals surface area (Å²) in [7, 11) is 0. The monoisotopic (exact) mass is 277 g/mol. The van der Waals surface area contributed by atoms with Gasteiger partial charge in [0, 0.05) is 12.2 Å². The summed E-state index contributed by atoms with van der Waals surface area (Å²) in [5, 5.41) is 8.91. The number of hydrogen-bond acceptors (Lipinski definition) is 4. The lowest BCUT2D eigenvalue weighted by Gasteiger charge is -2.15. The molecule has 0 bridgehead atoms. The second kappa shape index (κ2) is 6.47. The summed E-state index contributed by atoms with van der Waals surface area (Å²) in [6.45, 7) is 8.02. The fourth-order valence-electron chi connectivity index (χ4n) is 1.90. The maximum Gasteiger partial charge on any atom is 0.355 e. The molecule has 0 fully saturated rings. The zero-order valence-electron chi connectivity index (χ0n) is 12.6. The zero-order chi connectivity index (χ0) is 15.3. The van der Waals surface area contributed by atoms with Gasteiger partial charge in [0.25, 0.3) is 0 Å². The van der Waals surface area contributed by atoms with Gasteiger partial charge in [0.2, 0.25) is 0 Å². The Morgan fingerprint density at radius 3 is 2.75 bits per heavy atom. The Bertz CT molecular complexity index is 510. The van der Waals surface area contributed by atoms with Gasteiger partial charge >= 0.3 is 5.97 Å². The van der Waals surface area contributed by atoms with Crippen molar-refractivity contribution >= 4 is 11.7 Å². The van der Waals surface area contributed by atoms with Crippen molar-refractivity contribution in [2.24, 2.45) is 5.41 Å². The van der Waals surface area contributed by atoms with E-state index in [9.17, 15) is 4.79 Å². The summed E-state index contributed by atoms with van der Waals surface area (Å²) >= 11 is 0. The standard InChI is InChI=1S/C15H23N3O2/c1-11(2)18-9-12(17)8-13(18)14(19)20-7-5-6-15(3,4)10-16/h8-9,11H,5-7,17H2,1-4H3. The largest absolute Gasteiger partial charge is 0.461 e. The van der Waals surface area contributed by atoms with Crippen molar-refractivity contribution < 1.29 is 9.53 Å². The van der Waals surface area contributed by atoms with E-state index in [4.69, 9.17) is 15.7 Å². The van der Waals surface area contributed by atoms with Gasteiger partial charge in [-0.3, -0.25) is 0 Å². The molecule has 2 N–H and O–H groups in total. The van der Waals surface area contributed by atoms with E-state index in [1.807, 2.05) is 27.7 Å². The van der Waals surface area contributed by atoms with E-state index in [1.165, 1.54) is 0 Å². The normalized spacial score (nSPS) is 11.4. The number of nitrogen functional groups attached to an aromatic ring is 1. The smallest absolute Gasteiger partial charge is 0.355 e. The number of hydrogen-bond donors (Lipinski definition) is 1. The van der Waals surface area contributed by atoms with Crippen LogP contribution in [0.3, 0.4) is 0 Å². The lowest BCUT2D eigenvalue weighted by Crippen LogP contribution is -2.15. The van der Waals surface area contributed by atoms with Gasteiger partial charge in [-0.1, -0.05) is 0 Å². The van der Waals surface area contributed by atoms with Crippen molar-refractivity contribution in [2.75, 3.05) is 12.3 Å². The molecule has 1 rings (SSSR count). The van der Waals surface area contributed by atoms with Crippen LogP contribution in [0.25, 0.3) is 0 Å². The first-order valence-corrected chi connectivity index (χ1v) is 6.82. The fraction of sp³-hybridized carbons (Fsp3) is 0.600. The Kier molecular flexibility index (Phi) is 5.20. The third kappa shape index (κ3) is 4.30. The molecule has 5 nitrogen and oxygen atoms in total. The Morgan fingerprint density at radius 2 is 2.20 bits per heavy atom. The van der Waals surface area contributed by atoms with E-state index in [2.05, 4.69) is 6.07 Å². The molecule has 0 saturated heterocycles. The number of ether oxygens (including phenoxy) is 1. The third-order valence-corrected chi connectivity index (χ3v) is 3.12. The van der Waals surface area contributed by atoms with Crippen LogP contribution in [0.2, 0.25) is 0 Å². The van der Waals surface area contributed by atoms with Crippen molar-refractivity contribution in [2.45, 2.75) is 46.6 Å². The molecule has 0 aliphatic carbocycles. The molecule has 0 amide bonds. The van der Waals surface area contributed by atoms with Crippen molar-refractivity contribution in [3.63, 3.8) is 0 Å². The van der Waals surface area contributed by atoms with E-state index in [-0.39, 0.29) is 17.4 Å². The molecule has 0 saturated carbocycles. The molecular weight excluding hydrogens is 254 g/mol. The van der Waals surface area contributed by atoms with Crippen LogP contribution in [0.15, 0.2) is 12.3 Å². The molecule has 0 unspecified atom stereocenters. The predicted octanol–water partition coefficient (Wildman–Crippen LogP) is 3.14. The SMILES string of the molecule is CC(C)n1cc(N)cc1C(=O)OCCCC(C)(C)C#N. The highest BCUT2D eigenvalue weighted by molar-refractivity contribution is 5.89. The summed E-state index contributed by atoms with van der Waals surface area (Å²) in [4.78, 5) is 12.0. The molecular formula is C15H23N3O2. The minimum atomic E-state index is -0.380. The Morgan fingerprint density at radius 1 is 1.55 bits per heavy atom. The molecule has 1 aromatic rings. The number of nitriles is 1. The lowest BCUT2D eigenvalue weighted by molar-refractivity contribution is 0.0477. The Hall–Kier alpha value is -1.96. The number of aromatic nitrogens is 1. The number of nitrogens with two attached hydrogens (primary N) is 1. The molecule has 0 spiro atoms. The third-order valence-electron chi connectivity index (χ3n) is 3.12. The van der Waals surface area contributed by atoms with Crippen LogP contribution in [0, 0.1) is 16.7 Å². The first-order chi connectivity index (χ1) is 9.26. The fourth-order valence-corrected chi connectivity index (χ4v) is 1.90. The van der Waals surface area contributed by atoms with Crippen molar-refractivity contribution in [3.05, 3.63) is 18.0 Å². The molecule has 0 aliphatic rings. The number of carbonyl (C=O) groups is 1. The van der Waals surface area contributed by atoms with Crippen LogP contribution in [0.5, 0.6) is 0 Å². The van der Waals surface area contributed by atoms with E-state index in [1.54, 1.807) is 16.8 Å². The van der Waals surface area contributed by atoms with E-state index in [0.29, 0.717) is 30.8 Å². The van der Waals surface area contributed by atoms with Crippen LogP contribution in [0.4, 0.5) is 5.69 Å². The first-order valence-electron chi connectivity index (χ1n) is 6.82. The molecule has 1 heterocycles. The van der Waals surface area contributed by atoms with Gasteiger partial charge in [-0.05, 0) is 46.6 Å². The van der Waals surface area contributed by atoms with Gasteiger partial charge in [0.15, 0.2) is 0 Å². The number of carbonyl (C=O) groups excluding carboxylic acids is 1. The highest BCUT2D eigenvalue weighted by atomic mass is 16.5. The second-order valence-corrected chi connectivity index (χ2v) is 5.89. The minimum absolute atomic E-state index is 0.146. The van der Waals surface area contributed by atoms with Crippen molar-refractivity contribution in [1.82, 2.24) is 4.57 Å². The van der Waals surface area contributed by atoms with Gasteiger partial charge < -0.3 is 15.0 Å². The van der Waals surface area contributed by atoms with E-state index < -0.39 is 0 Å². The molecule has 1 aromatic heterocycles. The van der Waals surface area contributed by atoms with Gasteiger partial charge in [-0.2, -0.15) is 5.26 Å². The van der Waals surface area contributed by atoms with Crippen LogP contribution in [-0.2, 0) is 4.74 Å². The van der Waals surface area contributed by atoms with Crippen molar-refractivity contribution in [3.8, 4) is 6.07 Å². The van der Waals surface area contributed by atoms with Crippen LogP contribution in [-0.4, -0.2) is 17.1 Å². The highest BCUT2D eigenvalue weighted by Gasteiger charge is 2.18. The van der Waals surface area contributed by atoms with Crippen LogP contribution in [0.1, 0.15) is 57.1 Å². The minimum Gasteiger partial charge on any atom is -0.461 e. The van der Waals surface area contributed by atoms with Gasteiger partial charge in [-0.25, -0.2) is 4.79 Å². The van der Waals surface area contributed by atoms with Gasteiger partial charge in [0.1, 0.15) is 5.69 Å². The average Bonchev–Trinajstić information content (AvgIpc) is 2.77. The van der Waals surface area contributed by atoms with Crippen LogP contribution < -0.4 is 5.73 Å². The zero-order valence-corrected chi connectivity index (χ0v) is 12.6. The van der Waals surface area contributed by atoms with Crippen molar-refractivity contribution in [1.29, 1.82) is 5.26 Å². The highest BCUT2D eigenvalue weighted by Crippen LogP contribution is 2.21. The lowest BCUT2D eigenvalue weighted by atomic mass is 9.90. The number of esters is 1. The van der Waals surface area contributed by atoms with Gasteiger partial charge in [-0.15, -0.1) is 0 Å². The molecule has 0 aromatic carbocycles. The molecule has 0 atom stereocenters. The molecule has 20 heavy (non-hydrogen) atoms. The summed E-state index contributed by atoms with van der Waals surface area (Å²) in [5.41, 5.74) is 6.36. The number of nitrogens with zero attached hydrogens (tertiary/aromatic N) is 2. The maximum absolute atomic E-state index is 12.0. The Labute approximate surface area is 120 Å². The summed E-state index contributed by atoms with van der Waals surface area (Å²) in [6.07, 6.45) is 3.11. The number of anilines is 1. The maximum atomic E-state index is 12.0. The second-order valence-electron chi connectivity index (χ2n) is 5.89. The average molecular weight is 277 g/mol. The van der Waals surface area contributed by atoms with Crippen LogP contribution >= 0.6 is 0 Å². The topological polar surface area (TPSA) is 81.0 Å².